The minimum atomic E-state index is -0.725. The Morgan fingerprint density at radius 2 is 2.25 bits per heavy atom. The van der Waals surface area contributed by atoms with Gasteiger partial charge < -0.3 is 5.73 Å². The highest BCUT2D eigenvalue weighted by atomic mass is 79.9. The van der Waals surface area contributed by atoms with Crippen LogP contribution in [0.5, 0.6) is 0 Å². The largest absolute Gasteiger partial charge is 0.319 e. The SMILES string of the molecule is CCCC(C)(N)C(=O)Cc1cncc(Br)c1. The second kappa shape index (κ2) is 5.55. The summed E-state index contributed by atoms with van der Waals surface area (Å²) in [6, 6.07) is 1.90. The van der Waals surface area contributed by atoms with E-state index in [-0.39, 0.29) is 5.78 Å². The molecule has 1 unspecified atom stereocenters. The zero-order valence-corrected chi connectivity index (χ0v) is 11.3. The highest BCUT2D eigenvalue weighted by Crippen LogP contribution is 2.15. The number of carbonyl (C=O) groups excluding carboxylic acids is 1. The van der Waals surface area contributed by atoms with Gasteiger partial charge in [0.05, 0.1) is 5.54 Å². The van der Waals surface area contributed by atoms with E-state index in [0.717, 1.165) is 16.5 Å². The van der Waals surface area contributed by atoms with E-state index in [0.29, 0.717) is 12.8 Å². The summed E-state index contributed by atoms with van der Waals surface area (Å²) in [6.45, 7) is 3.82. The second-order valence-electron chi connectivity index (χ2n) is 4.28. The van der Waals surface area contributed by atoms with Gasteiger partial charge in [-0.1, -0.05) is 13.3 Å². The van der Waals surface area contributed by atoms with Crippen LogP contribution in [0, 0.1) is 0 Å². The van der Waals surface area contributed by atoms with E-state index in [1.54, 1.807) is 19.3 Å². The van der Waals surface area contributed by atoms with Crippen molar-refractivity contribution in [3.8, 4) is 0 Å². The van der Waals surface area contributed by atoms with E-state index in [1.807, 2.05) is 13.0 Å². The van der Waals surface area contributed by atoms with Gasteiger partial charge in [-0.2, -0.15) is 0 Å². The number of rotatable bonds is 5. The smallest absolute Gasteiger partial charge is 0.156 e. The first kappa shape index (κ1) is 13.3. The van der Waals surface area contributed by atoms with Gasteiger partial charge in [-0.05, 0) is 40.9 Å². The Balaban J connectivity index is 2.71. The first-order chi connectivity index (χ1) is 7.45. The summed E-state index contributed by atoms with van der Waals surface area (Å²) in [6.07, 6.45) is 5.37. The molecule has 0 aliphatic heterocycles. The minimum absolute atomic E-state index is 0.0641. The number of halogens is 1. The molecule has 16 heavy (non-hydrogen) atoms. The highest BCUT2D eigenvalue weighted by molar-refractivity contribution is 9.10. The molecule has 0 amide bonds. The number of carbonyl (C=O) groups is 1. The van der Waals surface area contributed by atoms with Crippen LogP contribution < -0.4 is 5.73 Å². The number of hydrogen-bond acceptors (Lipinski definition) is 3. The Kier molecular flexibility index (Phi) is 4.62. The maximum absolute atomic E-state index is 12.0. The first-order valence-electron chi connectivity index (χ1n) is 5.37. The third-order valence-electron chi connectivity index (χ3n) is 2.53. The molecule has 3 nitrogen and oxygen atoms in total. The van der Waals surface area contributed by atoms with Crippen molar-refractivity contribution in [2.75, 3.05) is 0 Å². The summed E-state index contributed by atoms with van der Waals surface area (Å²) in [4.78, 5) is 16.0. The van der Waals surface area contributed by atoms with Gasteiger partial charge in [-0.3, -0.25) is 9.78 Å². The van der Waals surface area contributed by atoms with Crippen LogP contribution >= 0.6 is 15.9 Å². The van der Waals surface area contributed by atoms with Crippen molar-refractivity contribution in [1.82, 2.24) is 4.98 Å². The molecular formula is C12H17BrN2O. The predicted molar refractivity (Wildman–Crippen MR) is 68.1 cm³/mol. The van der Waals surface area contributed by atoms with E-state index >= 15 is 0 Å². The maximum atomic E-state index is 12.0. The van der Waals surface area contributed by atoms with Crippen molar-refractivity contribution >= 4 is 21.7 Å². The van der Waals surface area contributed by atoms with Gasteiger partial charge in [-0.25, -0.2) is 0 Å². The third kappa shape index (κ3) is 3.68. The molecule has 1 aromatic rings. The number of hydrogen-bond donors (Lipinski definition) is 1. The van der Waals surface area contributed by atoms with Crippen LogP contribution in [0.15, 0.2) is 22.9 Å². The highest BCUT2D eigenvalue weighted by Gasteiger charge is 2.26. The average molecular weight is 285 g/mol. The fraction of sp³-hybridized carbons (Fsp3) is 0.500. The van der Waals surface area contributed by atoms with Crippen molar-refractivity contribution in [1.29, 1.82) is 0 Å². The third-order valence-corrected chi connectivity index (χ3v) is 2.97. The molecule has 0 radical (unpaired) electrons. The molecule has 1 aromatic heterocycles. The molecule has 88 valence electrons. The fourth-order valence-electron chi connectivity index (χ4n) is 1.60. The Hall–Kier alpha value is -0.740. The molecule has 0 fully saturated rings. The van der Waals surface area contributed by atoms with E-state index in [9.17, 15) is 4.79 Å². The Labute approximate surface area is 105 Å². The summed E-state index contributed by atoms with van der Waals surface area (Å²) in [5, 5.41) is 0. The molecule has 0 saturated carbocycles. The molecule has 0 aromatic carbocycles. The van der Waals surface area contributed by atoms with Crippen LogP contribution in [0.4, 0.5) is 0 Å². The molecule has 2 N–H and O–H groups in total. The molecule has 0 bridgehead atoms. The monoisotopic (exact) mass is 284 g/mol. The van der Waals surface area contributed by atoms with Gasteiger partial charge in [0.15, 0.2) is 5.78 Å². The van der Waals surface area contributed by atoms with Gasteiger partial charge in [-0.15, -0.1) is 0 Å². The maximum Gasteiger partial charge on any atom is 0.156 e. The van der Waals surface area contributed by atoms with Crippen molar-refractivity contribution in [2.24, 2.45) is 5.73 Å². The van der Waals surface area contributed by atoms with E-state index in [1.165, 1.54) is 0 Å². The van der Waals surface area contributed by atoms with Gasteiger partial charge >= 0.3 is 0 Å². The first-order valence-corrected chi connectivity index (χ1v) is 6.16. The zero-order chi connectivity index (χ0) is 12.2. The lowest BCUT2D eigenvalue weighted by Gasteiger charge is -2.22. The summed E-state index contributed by atoms with van der Waals surface area (Å²) < 4.78 is 0.881. The quantitative estimate of drug-likeness (QED) is 0.904. The number of ketones is 1. The molecule has 0 spiro atoms. The number of aromatic nitrogens is 1. The molecular weight excluding hydrogens is 268 g/mol. The second-order valence-corrected chi connectivity index (χ2v) is 5.19. The molecule has 1 atom stereocenters. The number of pyridine rings is 1. The van der Waals surface area contributed by atoms with Crippen molar-refractivity contribution in [3.63, 3.8) is 0 Å². The van der Waals surface area contributed by atoms with Gasteiger partial charge in [0.2, 0.25) is 0 Å². The van der Waals surface area contributed by atoms with Crippen molar-refractivity contribution in [3.05, 3.63) is 28.5 Å². The average Bonchev–Trinajstić information content (AvgIpc) is 2.17. The summed E-state index contributed by atoms with van der Waals surface area (Å²) >= 11 is 3.33. The van der Waals surface area contributed by atoms with E-state index in [2.05, 4.69) is 20.9 Å². The molecule has 0 saturated heterocycles. The Morgan fingerprint density at radius 1 is 1.56 bits per heavy atom. The van der Waals surface area contributed by atoms with Gasteiger partial charge in [0, 0.05) is 23.3 Å². The van der Waals surface area contributed by atoms with Crippen LogP contribution in [0.25, 0.3) is 0 Å². The number of Topliss-reactive ketones (excluding diaryl/α,β-unsaturated/α-hetero) is 1. The Bertz CT molecular complexity index is 377. The van der Waals surface area contributed by atoms with Crippen LogP contribution in [0.2, 0.25) is 0 Å². The standard InChI is InChI=1S/C12H17BrN2O/c1-3-4-12(2,14)11(16)6-9-5-10(13)8-15-7-9/h5,7-8H,3-4,6,14H2,1-2H3. The summed E-state index contributed by atoms with van der Waals surface area (Å²) in [7, 11) is 0. The lowest BCUT2D eigenvalue weighted by molar-refractivity contribution is -0.123. The van der Waals surface area contributed by atoms with Crippen molar-refractivity contribution < 1.29 is 4.79 Å². The molecule has 4 heteroatoms. The van der Waals surface area contributed by atoms with Crippen LogP contribution in [0.1, 0.15) is 32.3 Å². The molecule has 1 heterocycles. The number of nitrogens with two attached hydrogens (primary N) is 1. The fourth-order valence-corrected chi connectivity index (χ4v) is 2.01. The van der Waals surface area contributed by atoms with Crippen LogP contribution in [-0.2, 0) is 11.2 Å². The zero-order valence-electron chi connectivity index (χ0n) is 9.66. The topological polar surface area (TPSA) is 56.0 Å². The van der Waals surface area contributed by atoms with Crippen LogP contribution in [0.3, 0.4) is 0 Å². The summed E-state index contributed by atoms with van der Waals surface area (Å²) in [5.41, 5.74) is 6.15. The normalized spacial score (nSPS) is 14.5. The predicted octanol–water partition coefficient (Wildman–Crippen LogP) is 2.47. The number of nitrogens with zero attached hydrogens (tertiary/aromatic N) is 1. The lowest BCUT2D eigenvalue weighted by atomic mass is 9.89. The van der Waals surface area contributed by atoms with Crippen molar-refractivity contribution in [2.45, 2.75) is 38.6 Å². The van der Waals surface area contributed by atoms with Gasteiger partial charge in [0.25, 0.3) is 0 Å². The minimum Gasteiger partial charge on any atom is -0.319 e. The molecule has 0 aliphatic carbocycles. The lowest BCUT2D eigenvalue weighted by Crippen LogP contribution is -2.45. The molecule has 1 rings (SSSR count). The van der Waals surface area contributed by atoms with Crippen LogP contribution in [-0.4, -0.2) is 16.3 Å². The van der Waals surface area contributed by atoms with E-state index < -0.39 is 5.54 Å². The molecule has 0 aliphatic rings. The Morgan fingerprint density at radius 3 is 2.81 bits per heavy atom. The summed E-state index contributed by atoms with van der Waals surface area (Å²) in [5.74, 6) is 0.0641. The van der Waals surface area contributed by atoms with E-state index in [4.69, 9.17) is 5.73 Å². The van der Waals surface area contributed by atoms with Gasteiger partial charge in [0.1, 0.15) is 0 Å².